The topological polar surface area (TPSA) is 25.8 Å². The largest absolute Gasteiger partial charge is 0.262 e. The molecule has 74 valence electrons. The van der Waals surface area contributed by atoms with Crippen molar-refractivity contribution in [2.75, 3.05) is 0 Å². The van der Waals surface area contributed by atoms with E-state index in [9.17, 15) is 0 Å². The molecule has 0 saturated heterocycles. The number of fused-ring (bicyclic) bond motifs is 1. The van der Waals surface area contributed by atoms with Crippen LogP contribution in [0.4, 0.5) is 0 Å². The fourth-order valence-electron chi connectivity index (χ4n) is 1.54. The molecule has 3 heteroatoms. The third kappa shape index (κ3) is 1.93. The molecule has 0 aliphatic carbocycles. The van der Waals surface area contributed by atoms with E-state index < -0.39 is 0 Å². The standard InChI is InChI=1S/C11H14N2S/c1-11(2,3)4-8-5-12-6-9-10(8)14-7-13-9/h5-7H,4H2,1-3H3. The zero-order valence-electron chi connectivity index (χ0n) is 8.74. The van der Waals surface area contributed by atoms with Crippen molar-refractivity contribution in [3.8, 4) is 0 Å². The monoisotopic (exact) mass is 206 g/mol. The minimum Gasteiger partial charge on any atom is -0.262 e. The third-order valence-electron chi connectivity index (χ3n) is 2.03. The molecule has 0 spiro atoms. The smallest absolute Gasteiger partial charge is 0.0997 e. The molecule has 0 bridgehead atoms. The molecule has 0 radical (unpaired) electrons. The zero-order valence-corrected chi connectivity index (χ0v) is 9.56. The molecule has 0 fully saturated rings. The fourth-order valence-corrected chi connectivity index (χ4v) is 2.31. The second kappa shape index (κ2) is 3.31. The van der Waals surface area contributed by atoms with Gasteiger partial charge in [0.25, 0.3) is 0 Å². The van der Waals surface area contributed by atoms with Crippen molar-refractivity contribution in [1.82, 2.24) is 9.97 Å². The second-order valence-corrected chi connectivity index (χ2v) is 5.59. The van der Waals surface area contributed by atoms with Crippen LogP contribution in [0.1, 0.15) is 26.3 Å². The quantitative estimate of drug-likeness (QED) is 0.715. The van der Waals surface area contributed by atoms with E-state index in [1.807, 2.05) is 17.9 Å². The highest BCUT2D eigenvalue weighted by Gasteiger charge is 2.14. The number of nitrogens with zero attached hydrogens (tertiary/aromatic N) is 2. The Morgan fingerprint density at radius 3 is 2.79 bits per heavy atom. The van der Waals surface area contributed by atoms with Gasteiger partial charge in [-0.2, -0.15) is 0 Å². The normalized spacial score (nSPS) is 12.2. The van der Waals surface area contributed by atoms with Crippen LogP contribution in [0.3, 0.4) is 0 Å². The van der Waals surface area contributed by atoms with Gasteiger partial charge in [0, 0.05) is 6.20 Å². The summed E-state index contributed by atoms with van der Waals surface area (Å²) < 4.78 is 1.29. The summed E-state index contributed by atoms with van der Waals surface area (Å²) in [6.07, 6.45) is 4.85. The maximum absolute atomic E-state index is 4.27. The van der Waals surface area contributed by atoms with Gasteiger partial charge in [-0.1, -0.05) is 20.8 Å². The van der Waals surface area contributed by atoms with Crippen LogP contribution >= 0.6 is 11.3 Å². The summed E-state index contributed by atoms with van der Waals surface area (Å²) in [5.74, 6) is 0. The Hall–Kier alpha value is -0.960. The highest BCUT2D eigenvalue weighted by atomic mass is 32.1. The summed E-state index contributed by atoms with van der Waals surface area (Å²) in [6, 6.07) is 0. The lowest BCUT2D eigenvalue weighted by Gasteiger charge is -2.17. The van der Waals surface area contributed by atoms with Crippen molar-refractivity contribution in [3.63, 3.8) is 0 Å². The summed E-state index contributed by atoms with van der Waals surface area (Å²) in [4.78, 5) is 8.48. The van der Waals surface area contributed by atoms with Gasteiger partial charge in [-0.3, -0.25) is 4.98 Å². The van der Waals surface area contributed by atoms with Gasteiger partial charge in [0.2, 0.25) is 0 Å². The van der Waals surface area contributed by atoms with Crippen molar-refractivity contribution in [3.05, 3.63) is 23.5 Å². The lowest BCUT2D eigenvalue weighted by Crippen LogP contribution is -2.09. The molecular weight excluding hydrogens is 192 g/mol. The van der Waals surface area contributed by atoms with Gasteiger partial charge in [-0.15, -0.1) is 11.3 Å². The molecule has 0 atom stereocenters. The molecule has 0 N–H and O–H groups in total. The van der Waals surface area contributed by atoms with Crippen LogP contribution in [0.15, 0.2) is 17.9 Å². The van der Waals surface area contributed by atoms with Gasteiger partial charge in [0.1, 0.15) is 0 Å². The number of aromatic nitrogens is 2. The Labute approximate surface area is 88.0 Å². The van der Waals surface area contributed by atoms with Gasteiger partial charge < -0.3 is 0 Å². The molecule has 2 heterocycles. The van der Waals surface area contributed by atoms with Gasteiger partial charge in [0.15, 0.2) is 0 Å². The first-order valence-corrected chi connectivity index (χ1v) is 5.60. The van der Waals surface area contributed by atoms with Crippen LogP contribution in [0.2, 0.25) is 0 Å². The maximum Gasteiger partial charge on any atom is 0.0997 e. The van der Waals surface area contributed by atoms with Crippen molar-refractivity contribution in [2.24, 2.45) is 5.41 Å². The van der Waals surface area contributed by atoms with E-state index in [4.69, 9.17) is 0 Å². The Kier molecular flexibility index (Phi) is 2.27. The summed E-state index contributed by atoms with van der Waals surface area (Å²) in [6.45, 7) is 6.73. The Morgan fingerprint density at radius 1 is 1.29 bits per heavy atom. The predicted molar refractivity (Wildman–Crippen MR) is 60.6 cm³/mol. The summed E-state index contributed by atoms with van der Waals surface area (Å²) in [5.41, 5.74) is 4.53. The van der Waals surface area contributed by atoms with E-state index in [0.717, 1.165) is 11.9 Å². The van der Waals surface area contributed by atoms with Crippen LogP contribution < -0.4 is 0 Å². The van der Waals surface area contributed by atoms with Crippen LogP contribution in [-0.4, -0.2) is 9.97 Å². The van der Waals surface area contributed by atoms with E-state index in [-0.39, 0.29) is 0 Å². The van der Waals surface area contributed by atoms with Crippen LogP contribution in [0, 0.1) is 5.41 Å². The lowest BCUT2D eigenvalue weighted by atomic mass is 9.89. The highest BCUT2D eigenvalue weighted by Crippen LogP contribution is 2.27. The average molecular weight is 206 g/mol. The first-order chi connectivity index (χ1) is 6.56. The maximum atomic E-state index is 4.27. The molecule has 2 aromatic rings. The van der Waals surface area contributed by atoms with E-state index >= 15 is 0 Å². The Bertz CT molecular complexity index is 440. The van der Waals surface area contributed by atoms with E-state index in [1.165, 1.54) is 10.3 Å². The average Bonchev–Trinajstić information content (AvgIpc) is 2.49. The van der Waals surface area contributed by atoms with Crippen molar-refractivity contribution >= 4 is 21.6 Å². The number of thiazole rings is 1. The number of hydrogen-bond donors (Lipinski definition) is 0. The van der Waals surface area contributed by atoms with Gasteiger partial charge >= 0.3 is 0 Å². The van der Waals surface area contributed by atoms with E-state index in [2.05, 4.69) is 30.7 Å². The molecule has 0 unspecified atom stereocenters. The number of hydrogen-bond acceptors (Lipinski definition) is 3. The number of pyridine rings is 1. The summed E-state index contributed by atoms with van der Waals surface area (Å²) >= 11 is 1.70. The highest BCUT2D eigenvalue weighted by molar-refractivity contribution is 7.16. The molecule has 0 saturated carbocycles. The molecular formula is C11H14N2S. The molecule has 2 aromatic heterocycles. The van der Waals surface area contributed by atoms with Crippen molar-refractivity contribution < 1.29 is 0 Å². The Balaban J connectivity index is 2.46. The number of rotatable bonds is 1. The molecule has 14 heavy (non-hydrogen) atoms. The summed E-state index contributed by atoms with van der Waals surface area (Å²) in [5, 5.41) is 0. The fraction of sp³-hybridized carbons (Fsp3) is 0.455. The minimum atomic E-state index is 0.306. The molecule has 0 aliphatic heterocycles. The molecule has 0 aliphatic rings. The van der Waals surface area contributed by atoms with Crippen LogP contribution in [0.5, 0.6) is 0 Å². The molecule has 0 aromatic carbocycles. The minimum absolute atomic E-state index is 0.306. The lowest BCUT2D eigenvalue weighted by molar-refractivity contribution is 0.412. The summed E-state index contributed by atoms with van der Waals surface area (Å²) in [7, 11) is 0. The van der Waals surface area contributed by atoms with Gasteiger partial charge in [0.05, 0.1) is 21.9 Å². The predicted octanol–water partition coefficient (Wildman–Crippen LogP) is 3.28. The molecule has 2 nitrogen and oxygen atoms in total. The SMILES string of the molecule is CC(C)(C)Cc1cncc2ncsc12. The van der Waals surface area contributed by atoms with Crippen LogP contribution in [0.25, 0.3) is 10.2 Å². The van der Waals surface area contributed by atoms with Gasteiger partial charge in [-0.05, 0) is 17.4 Å². The first kappa shape index (κ1) is 9.59. The first-order valence-electron chi connectivity index (χ1n) is 4.72. The third-order valence-corrected chi connectivity index (χ3v) is 2.95. The van der Waals surface area contributed by atoms with E-state index in [1.54, 1.807) is 11.3 Å². The van der Waals surface area contributed by atoms with E-state index in [0.29, 0.717) is 5.41 Å². The van der Waals surface area contributed by atoms with Crippen molar-refractivity contribution in [1.29, 1.82) is 0 Å². The van der Waals surface area contributed by atoms with Crippen molar-refractivity contribution in [2.45, 2.75) is 27.2 Å². The van der Waals surface area contributed by atoms with Gasteiger partial charge in [-0.25, -0.2) is 4.98 Å². The second-order valence-electron chi connectivity index (χ2n) is 4.74. The molecule has 2 rings (SSSR count). The zero-order chi connectivity index (χ0) is 10.2. The molecule has 0 amide bonds. The Morgan fingerprint density at radius 2 is 2.07 bits per heavy atom. The van der Waals surface area contributed by atoms with Crippen LogP contribution in [-0.2, 0) is 6.42 Å².